The lowest BCUT2D eigenvalue weighted by atomic mass is 9.89. The van der Waals surface area contributed by atoms with E-state index in [0.717, 1.165) is 0 Å². The number of hydrogen-bond acceptors (Lipinski definition) is 5. The molecule has 0 saturated heterocycles. The summed E-state index contributed by atoms with van der Waals surface area (Å²) in [5.74, 6) is -0.251. The number of rotatable bonds is 1. The number of nitrogens with zero attached hydrogens (tertiary/aromatic N) is 2. The molecule has 0 atom stereocenters. The van der Waals surface area contributed by atoms with Gasteiger partial charge in [0.2, 0.25) is 11.6 Å². The van der Waals surface area contributed by atoms with Crippen LogP contribution >= 0.6 is 0 Å². The maximum Gasteiger partial charge on any atom is 0.218 e. The average molecular weight is 240 g/mol. The lowest BCUT2D eigenvalue weighted by molar-refractivity contribution is 0.0969. The molecule has 0 saturated carbocycles. The number of hydrogen-bond donors (Lipinski definition) is 0. The number of ketones is 2. The van der Waals surface area contributed by atoms with Crippen molar-refractivity contribution < 1.29 is 14.3 Å². The van der Waals surface area contributed by atoms with E-state index in [1.54, 1.807) is 18.2 Å². The van der Waals surface area contributed by atoms with Crippen LogP contribution in [-0.2, 0) is 0 Å². The second-order valence-corrected chi connectivity index (χ2v) is 3.79. The largest absolute Gasteiger partial charge is 0.496 e. The monoisotopic (exact) mass is 240 g/mol. The summed E-state index contributed by atoms with van der Waals surface area (Å²) >= 11 is 0. The number of carbonyl (C=O) groups excluding carboxylic acids is 2. The highest BCUT2D eigenvalue weighted by molar-refractivity contribution is 6.27. The van der Waals surface area contributed by atoms with Crippen molar-refractivity contribution in [1.82, 2.24) is 9.97 Å². The van der Waals surface area contributed by atoms with Crippen LogP contribution < -0.4 is 4.74 Å². The van der Waals surface area contributed by atoms with Gasteiger partial charge in [-0.1, -0.05) is 6.07 Å². The SMILES string of the molecule is COc1cccc2c1C(=O)c1nccnc1C2=O. The minimum atomic E-state index is -0.329. The Hall–Kier alpha value is -2.56. The molecule has 1 heterocycles. The van der Waals surface area contributed by atoms with Gasteiger partial charge in [-0.2, -0.15) is 0 Å². The molecule has 0 fully saturated rings. The van der Waals surface area contributed by atoms with E-state index in [4.69, 9.17) is 4.74 Å². The number of benzene rings is 1. The minimum Gasteiger partial charge on any atom is -0.496 e. The van der Waals surface area contributed by atoms with Crippen LogP contribution in [0.5, 0.6) is 5.75 Å². The molecule has 0 aliphatic heterocycles. The first-order valence-electron chi connectivity index (χ1n) is 5.31. The molecule has 5 heteroatoms. The van der Waals surface area contributed by atoms with Gasteiger partial charge in [-0.05, 0) is 12.1 Å². The standard InChI is InChI=1S/C13H8N2O3/c1-18-8-4-2-3-7-9(8)13(17)11-10(12(7)16)14-5-6-15-11/h2-6H,1H3. The van der Waals surface area contributed by atoms with Crippen LogP contribution in [0.1, 0.15) is 32.1 Å². The summed E-state index contributed by atoms with van der Waals surface area (Å²) in [4.78, 5) is 32.4. The molecular weight excluding hydrogens is 232 g/mol. The fourth-order valence-corrected chi connectivity index (χ4v) is 2.04. The van der Waals surface area contributed by atoms with Crippen LogP contribution in [0, 0.1) is 0 Å². The zero-order valence-electron chi connectivity index (χ0n) is 9.51. The number of fused-ring (bicyclic) bond motifs is 2. The van der Waals surface area contributed by atoms with E-state index in [2.05, 4.69) is 9.97 Å². The van der Waals surface area contributed by atoms with Gasteiger partial charge in [-0.3, -0.25) is 9.59 Å². The molecule has 0 unspecified atom stereocenters. The Balaban J connectivity index is 2.34. The minimum absolute atomic E-state index is 0.0829. The van der Waals surface area contributed by atoms with Gasteiger partial charge in [-0.25, -0.2) is 9.97 Å². The molecule has 0 spiro atoms. The molecular formula is C13H8N2O3. The molecule has 18 heavy (non-hydrogen) atoms. The fraction of sp³-hybridized carbons (Fsp3) is 0.0769. The molecule has 0 radical (unpaired) electrons. The van der Waals surface area contributed by atoms with Gasteiger partial charge in [0.05, 0.1) is 12.7 Å². The van der Waals surface area contributed by atoms with Crippen molar-refractivity contribution in [2.24, 2.45) is 0 Å². The van der Waals surface area contributed by atoms with E-state index < -0.39 is 0 Å². The summed E-state index contributed by atoms with van der Waals surface area (Å²) in [5.41, 5.74) is 0.758. The molecule has 88 valence electrons. The van der Waals surface area contributed by atoms with E-state index in [1.807, 2.05) is 0 Å². The zero-order chi connectivity index (χ0) is 12.7. The summed E-state index contributed by atoms with van der Waals surface area (Å²) in [7, 11) is 1.46. The number of methoxy groups -OCH3 is 1. The van der Waals surface area contributed by atoms with Gasteiger partial charge >= 0.3 is 0 Å². The fourth-order valence-electron chi connectivity index (χ4n) is 2.04. The lowest BCUT2D eigenvalue weighted by Crippen LogP contribution is -2.24. The molecule has 0 amide bonds. The zero-order valence-corrected chi connectivity index (χ0v) is 9.51. The molecule has 1 aliphatic carbocycles. The first-order chi connectivity index (χ1) is 8.74. The maximum absolute atomic E-state index is 12.3. The summed E-state index contributed by atoms with van der Waals surface area (Å²) < 4.78 is 5.13. The predicted octanol–water partition coefficient (Wildman–Crippen LogP) is 1.26. The lowest BCUT2D eigenvalue weighted by Gasteiger charge is -2.17. The molecule has 0 N–H and O–H groups in total. The Morgan fingerprint density at radius 3 is 2.33 bits per heavy atom. The smallest absolute Gasteiger partial charge is 0.218 e. The third-order valence-corrected chi connectivity index (χ3v) is 2.85. The number of aromatic nitrogens is 2. The summed E-state index contributed by atoms with van der Waals surface area (Å²) in [6.45, 7) is 0. The topological polar surface area (TPSA) is 69.2 Å². The van der Waals surface area contributed by atoms with E-state index in [0.29, 0.717) is 11.3 Å². The normalized spacial score (nSPS) is 12.9. The average Bonchev–Trinajstić information content (AvgIpc) is 2.44. The Kier molecular flexibility index (Phi) is 2.19. The Morgan fingerprint density at radius 2 is 1.67 bits per heavy atom. The van der Waals surface area contributed by atoms with Gasteiger partial charge in [0.25, 0.3) is 0 Å². The van der Waals surface area contributed by atoms with Gasteiger partial charge < -0.3 is 4.74 Å². The second kappa shape index (κ2) is 3.73. The molecule has 5 nitrogen and oxygen atoms in total. The van der Waals surface area contributed by atoms with Crippen LogP contribution in [0.2, 0.25) is 0 Å². The van der Waals surface area contributed by atoms with Crippen LogP contribution in [0.25, 0.3) is 0 Å². The molecule has 3 rings (SSSR count). The van der Waals surface area contributed by atoms with Crippen molar-refractivity contribution >= 4 is 11.6 Å². The Morgan fingerprint density at radius 1 is 1.00 bits per heavy atom. The quantitative estimate of drug-likeness (QED) is 0.640. The highest BCUT2D eigenvalue weighted by Crippen LogP contribution is 2.31. The first kappa shape index (κ1) is 10.6. The van der Waals surface area contributed by atoms with Gasteiger partial charge in [0.1, 0.15) is 17.1 Å². The van der Waals surface area contributed by atoms with Gasteiger partial charge in [0, 0.05) is 18.0 Å². The van der Waals surface area contributed by atoms with E-state index in [9.17, 15) is 9.59 Å². The Bertz CT molecular complexity index is 680. The predicted molar refractivity (Wildman–Crippen MR) is 61.9 cm³/mol. The van der Waals surface area contributed by atoms with Crippen LogP contribution in [0.3, 0.4) is 0 Å². The van der Waals surface area contributed by atoms with Crippen molar-refractivity contribution in [3.05, 3.63) is 53.1 Å². The second-order valence-electron chi connectivity index (χ2n) is 3.79. The summed E-state index contributed by atoms with van der Waals surface area (Å²) in [6.07, 6.45) is 2.79. The summed E-state index contributed by atoms with van der Waals surface area (Å²) in [5, 5.41) is 0. The van der Waals surface area contributed by atoms with E-state index in [1.165, 1.54) is 19.5 Å². The van der Waals surface area contributed by atoms with Gasteiger partial charge in [0.15, 0.2) is 0 Å². The number of ether oxygens (including phenoxy) is 1. The van der Waals surface area contributed by atoms with Crippen molar-refractivity contribution in [2.45, 2.75) is 0 Å². The van der Waals surface area contributed by atoms with E-state index >= 15 is 0 Å². The van der Waals surface area contributed by atoms with Crippen LogP contribution in [0.4, 0.5) is 0 Å². The van der Waals surface area contributed by atoms with Crippen molar-refractivity contribution in [3.8, 4) is 5.75 Å². The van der Waals surface area contributed by atoms with Crippen molar-refractivity contribution in [3.63, 3.8) is 0 Å². The third kappa shape index (κ3) is 1.27. The van der Waals surface area contributed by atoms with Crippen LogP contribution in [0.15, 0.2) is 30.6 Å². The van der Waals surface area contributed by atoms with Crippen LogP contribution in [-0.4, -0.2) is 28.6 Å². The molecule has 1 aliphatic rings. The van der Waals surface area contributed by atoms with E-state index in [-0.39, 0.29) is 28.5 Å². The molecule has 1 aromatic carbocycles. The number of carbonyl (C=O) groups is 2. The molecule has 1 aromatic heterocycles. The molecule has 0 bridgehead atoms. The third-order valence-electron chi connectivity index (χ3n) is 2.85. The highest BCUT2D eigenvalue weighted by atomic mass is 16.5. The first-order valence-corrected chi connectivity index (χ1v) is 5.31. The van der Waals surface area contributed by atoms with Crippen molar-refractivity contribution in [2.75, 3.05) is 7.11 Å². The Labute approximate surface area is 102 Å². The highest BCUT2D eigenvalue weighted by Gasteiger charge is 2.34. The molecule has 2 aromatic rings. The van der Waals surface area contributed by atoms with Crippen molar-refractivity contribution in [1.29, 1.82) is 0 Å². The van der Waals surface area contributed by atoms with Gasteiger partial charge in [-0.15, -0.1) is 0 Å². The maximum atomic E-state index is 12.3. The summed E-state index contributed by atoms with van der Waals surface area (Å²) in [6, 6.07) is 4.91.